The van der Waals surface area contributed by atoms with E-state index in [-0.39, 0.29) is 41.3 Å². The van der Waals surface area contributed by atoms with Crippen LogP contribution in [0.15, 0.2) is 29.3 Å². The van der Waals surface area contributed by atoms with Gasteiger partial charge in [0.25, 0.3) is 0 Å². The van der Waals surface area contributed by atoms with E-state index in [1.807, 2.05) is 19.1 Å². The van der Waals surface area contributed by atoms with Crippen molar-refractivity contribution in [1.82, 2.24) is 10.2 Å². The number of rotatable bonds is 6. The van der Waals surface area contributed by atoms with E-state index in [9.17, 15) is 4.79 Å². The van der Waals surface area contributed by atoms with Crippen LogP contribution in [-0.4, -0.2) is 57.2 Å². The van der Waals surface area contributed by atoms with Crippen molar-refractivity contribution in [3.8, 4) is 5.75 Å². The van der Waals surface area contributed by atoms with Crippen LogP contribution < -0.4 is 10.1 Å². The van der Waals surface area contributed by atoms with Crippen molar-refractivity contribution in [1.29, 1.82) is 0 Å². The Labute approximate surface area is 186 Å². The number of nitrogens with zero attached hydrogens (tertiary/aromatic N) is 2. The van der Waals surface area contributed by atoms with Gasteiger partial charge in [-0.25, -0.2) is 0 Å². The fourth-order valence-electron chi connectivity index (χ4n) is 3.40. The zero-order valence-electron chi connectivity index (χ0n) is 17.7. The van der Waals surface area contributed by atoms with Crippen LogP contribution in [0.1, 0.15) is 39.2 Å². The lowest BCUT2D eigenvalue weighted by molar-refractivity contribution is -0.149. The van der Waals surface area contributed by atoms with Crippen LogP contribution in [0.4, 0.5) is 0 Å². The number of ether oxygens (including phenoxy) is 2. The smallest absolute Gasteiger partial charge is 0.310 e. The second kappa shape index (κ2) is 11.5. The number of carbonyl (C=O) groups excluding carboxylic acids is 1. The number of likely N-dealkylation sites (tertiary alicyclic amines) is 1. The fourth-order valence-corrected chi connectivity index (χ4v) is 3.40. The lowest BCUT2D eigenvalue weighted by Gasteiger charge is -2.35. The molecule has 1 unspecified atom stereocenters. The zero-order valence-corrected chi connectivity index (χ0v) is 20.0. The van der Waals surface area contributed by atoms with E-state index in [4.69, 9.17) is 9.47 Å². The van der Waals surface area contributed by atoms with Crippen molar-refractivity contribution >= 4 is 35.9 Å². The molecule has 1 saturated heterocycles. The van der Waals surface area contributed by atoms with Gasteiger partial charge in [0.15, 0.2) is 5.96 Å². The van der Waals surface area contributed by atoms with Crippen molar-refractivity contribution in [2.24, 2.45) is 10.9 Å². The molecule has 1 N–H and O–H groups in total. The number of carbonyl (C=O) groups is 1. The first-order chi connectivity index (χ1) is 12.9. The molecule has 1 aromatic carbocycles. The molecule has 0 bridgehead atoms. The number of benzene rings is 1. The minimum absolute atomic E-state index is 0. The molecule has 0 aromatic heterocycles. The maximum atomic E-state index is 12.1. The van der Waals surface area contributed by atoms with Gasteiger partial charge >= 0.3 is 5.97 Å². The molecule has 1 atom stereocenters. The Hall–Kier alpha value is -1.51. The maximum Gasteiger partial charge on any atom is 0.310 e. The molecule has 1 fully saturated rings. The first-order valence-corrected chi connectivity index (χ1v) is 9.68. The van der Waals surface area contributed by atoms with Gasteiger partial charge in [0.05, 0.1) is 19.6 Å². The molecule has 28 heavy (non-hydrogen) atoms. The number of hydrogen-bond donors (Lipinski definition) is 1. The third-order valence-corrected chi connectivity index (χ3v) is 5.09. The number of aliphatic imine (C=N–C) groups is 1. The number of esters is 1. The van der Waals surface area contributed by atoms with Crippen molar-refractivity contribution in [3.63, 3.8) is 0 Å². The van der Waals surface area contributed by atoms with Crippen LogP contribution in [0, 0.1) is 5.92 Å². The normalized spacial score (nSPS) is 17.5. The molecular formula is C21H34IN3O3. The van der Waals surface area contributed by atoms with Gasteiger partial charge in [-0.05, 0) is 37.5 Å². The van der Waals surface area contributed by atoms with Gasteiger partial charge in [-0.1, -0.05) is 26.0 Å². The third-order valence-electron chi connectivity index (χ3n) is 5.09. The van der Waals surface area contributed by atoms with E-state index < -0.39 is 0 Å². The minimum atomic E-state index is -0.102. The first kappa shape index (κ1) is 24.5. The molecule has 1 aliphatic heterocycles. The Balaban J connectivity index is 0.00000392. The van der Waals surface area contributed by atoms with E-state index in [0.717, 1.165) is 37.6 Å². The Morgan fingerprint density at radius 3 is 2.79 bits per heavy atom. The molecular weight excluding hydrogens is 469 g/mol. The Morgan fingerprint density at radius 2 is 2.14 bits per heavy atom. The molecule has 0 spiro atoms. The molecule has 0 saturated carbocycles. The van der Waals surface area contributed by atoms with Crippen LogP contribution >= 0.6 is 24.0 Å². The number of piperidine rings is 1. The number of nitrogens with one attached hydrogen (secondary N) is 1. The van der Waals surface area contributed by atoms with Crippen LogP contribution in [0.5, 0.6) is 5.75 Å². The predicted molar refractivity (Wildman–Crippen MR) is 124 cm³/mol. The van der Waals surface area contributed by atoms with Crippen LogP contribution in [0.3, 0.4) is 0 Å². The average Bonchev–Trinajstić information content (AvgIpc) is 2.69. The topological polar surface area (TPSA) is 63.2 Å². The van der Waals surface area contributed by atoms with Gasteiger partial charge < -0.3 is 19.7 Å². The van der Waals surface area contributed by atoms with Crippen molar-refractivity contribution in [2.75, 3.05) is 40.4 Å². The number of guanidine groups is 1. The van der Waals surface area contributed by atoms with Crippen LogP contribution in [0.2, 0.25) is 0 Å². The van der Waals surface area contributed by atoms with Crippen molar-refractivity contribution in [2.45, 2.75) is 39.0 Å². The Kier molecular flexibility index (Phi) is 10.1. The van der Waals surface area contributed by atoms with E-state index in [1.165, 1.54) is 5.56 Å². The highest BCUT2D eigenvalue weighted by Crippen LogP contribution is 2.26. The highest BCUT2D eigenvalue weighted by molar-refractivity contribution is 14.0. The van der Waals surface area contributed by atoms with Gasteiger partial charge in [0.1, 0.15) is 5.75 Å². The largest absolute Gasteiger partial charge is 0.497 e. The molecule has 0 amide bonds. The fraction of sp³-hybridized carbons (Fsp3) is 0.619. The molecule has 7 heteroatoms. The van der Waals surface area contributed by atoms with Gasteiger partial charge in [-0.15, -0.1) is 24.0 Å². The lowest BCUT2D eigenvalue weighted by atomic mass is 9.84. The second-order valence-electron chi connectivity index (χ2n) is 7.55. The molecule has 1 aromatic rings. The summed E-state index contributed by atoms with van der Waals surface area (Å²) in [6.45, 7) is 8.94. The highest BCUT2D eigenvalue weighted by atomic mass is 127. The summed E-state index contributed by atoms with van der Waals surface area (Å²) in [6.07, 6.45) is 1.84. The summed E-state index contributed by atoms with van der Waals surface area (Å²) in [6, 6.07) is 8.15. The van der Waals surface area contributed by atoms with Gasteiger partial charge in [0.2, 0.25) is 0 Å². The summed E-state index contributed by atoms with van der Waals surface area (Å²) in [7, 11) is 3.47. The van der Waals surface area contributed by atoms with Crippen LogP contribution in [-0.2, 0) is 14.9 Å². The van der Waals surface area contributed by atoms with E-state index >= 15 is 0 Å². The predicted octanol–water partition coefficient (Wildman–Crippen LogP) is 3.44. The monoisotopic (exact) mass is 503 g/mol. The molecule has 0 radical (unpaired) electrons. The van der Waals surface area contributed by atoms with Gasteiger partial charge in [-0.2, -0.15) is 0 Å². The summed E-state index contributed by atoms with van der Waals surface area (Å²) in [5.41, 5.74) is 1.11. The first-order valence-electron chi connectivity index (χ1n) is 9.68. The average molecular weight is 503 g/mol. The SMILES string of the molecule is CCOC(=O)C1CCCN(C(=NC)NCC(C)(C)c2cccc(OC)c2)C1.I. The number of halogens is 1. The number of hydrogen-bond acceptors (Lipinski definition) is 4. The zero-order chi connectivity index (χ0) is 19.9. The summed E-state index contributed by atoms with van der Waals surface area (Å²) in [4.78, 5) is 18.7. The third kappa shape index (κ3) is 6.53. The molecule has 0 aliphatic carbocycles. The lowest BCUT2D eigenvalue weighted by Crippen LogP contribution is -2.50. The quantitative estimate of drug-likeness (QED) is 0.279. The minimum Gasteiger partial charge on any atom is -0.497 e. The molecule has 1 heterocycles. The standard InChI is InChI=1S/C21H33N3O3.HI/c1-6-27-19(25)16-9-8-12-24(14-16)20(22-4)23-15-21(2,3)17-10-7-11-18(13-17)26-5;/h7,10-11,13,16H,6,8-9,12,14-15H2,1-5H3,(H,22,23);1H. The summed E-state index contributed by atoms with van der Waals surface area (Å²) in [5.74, 6) is 1.51. The van der Waals surface area contributed by atoms with E-state index in [2.05, 4.69) is 41.2 Å². The number of methoxy groups -OCH3 is 1. The Bertz CT molecular complexity index is 664. The summed E-state index contributed by atoms with van der Waals surface area (Å²) in [5, 5.41) is 3.49. The molecule has 1 aliphatic rings. The van der Waals surface area contributed by atoms with Crippen LogP contribution in [0.25, 0.3) is 0 Å². The summed E-state index contributed by atoms with van der Waals surface area (Å²) >= 11 is 0. The van der Waals surface area contributed by atoms with Crippen molar-refractivity contribution < 1.29 is 14.3 Å². The van der Waals surface area contributed by atoms with E-state index in [0.29, 0.717) is 13.2 Å². The molecule has 2 rings (SSSR count). The van der Waals surface area contributed by atoms with Gasteiger partial charge in [-0.3, -0.25) is 9.79 Å². The summed E-state index contributed by atoms with van der Waals surface area (Å²) < 4.78 is 10.5. The Morgan fingerprint density at radius 1 is 1.39 bits per heavy atom. The molecule has 158 valence electrons. The maximum absolute atomic E-state index is 12.1. The van der Waals surface area contributed by atoms with Crippen molar-refractivity contribution in [3.05, 3.63) is 29.8 Å². The van der Waals surface area contributed by atoms with Gasteiger partial charge in [0, 0.05) is 32.1 Å². The van der Waals surface area contributed by atoms with E-state index in [1.54, 1.807) is 14.2 Å². The second-order valence-corrected chi connectivity index (χ2v) is 7.55. The highest BCUT2D eigenvalue weighted by Gasteiger charge is 2.29. The molecule has 6 nitrogen and oxygen atoms in total.